The first-order valence-electron chi connectivity index (χ1n) is 3.29. The van der Waals surface area contributed by atoms with Crippen LogP contribution >= 0.6 is 12.4 Å². The van der Waals surface area contributed by atoms with E-state index in [-0.39, 0.29) is 24.7 Å². The standard InChI is InChI=1S/C5H7NO3.CH3NO.ClH/c7-4-3(5(8)9)1-2-6-4;2-1-3;/h3H,1-2H2,(H,6,7)(H,8,9);1H,(H2,2,3);1H/t3-;;/m1../s1. The lowest BCUT2D eigenvalue weighted by Gasteiger charge is -1.95. The Morgan fingerprint density at radius 2 is 2.15 bits per heavy atom. The predicted octanol–water partition coefficient (Wildman–Crippen LogP) is -1.27. The van der Waals surface area contributed by atoms with Crippen LogP contribution in [0.3, 0.4) is 0 Å². The van der Waals surface area contributed by atoms with E-state index in [1.54, 1.807) is 0 Å². The number of nitrogens with one attached hydrogen (secondary N) is 1. The molecule has 7 heteroatoms. The van der Waals surface area contributed by atoms with Crippen LogP contribution in [0.5, 0.6) is 0 Å². The summed E-state index contributed by atoms with van der Waals surface area (Å²) >= 11 is 0. The van der Waals surface area contributed by atoms with Gasteiger partial charge < -0.3 is 16.2 Å². The van der Waals surface area contributed by atoms with Gasteiger partial charge in [-0.25, -0.2) is 0 Å². The molecule has 0 aromatic heterocycles. The van der Waals surface area contributed by atoms with Gasteiger partial charge in [0.1, 0.15) is 5.92 Å². The van der Waals surface area contributed by atoms with Gasteiger partial charge in [0.15, 0.2) is 0 Å². The number of hydrogen-bond acceptors (Lipinski definition) is 3. The summed E-state index contributed by atoms with van der Waals surface area (Å²) in [6.45, 7) is 0.496. The number of carbonyl (C=O) groups is 3. The highest BCUT2D eigenvalue weighted by molar-refractivity contribution is 5.98. The monoisotopic (exact) mass is 210 g/mol. The normalized spacial score (nSPS) is 18.8. The van der Waals surface area contributed by atoms with Crippen LogP contribution in [0, 0.1) is 5.92 Å². The highest BCUT2D eigenvalue weighted by Gasteiger charge is 2.30. The van der Waals surface area contributed by atoms with Crippen molar-refractivity contribution in [3.8, 4) is 0 Å². The molecule has 1 aliphatic rings. The predicted molar refractivity (Wildman–Crippen MR) is 46.3 cm³/mol. The molecule has 0 saturated carbocycles. The van der Waals surface area contributed by atoms with Gasteiger partial charge in [-0.1, -0.05) is 0 Å². The number of hydrogen-bond donors (Lipinski definition) is 3. The fourth-order valence-corrected chi connectivity index (χ4v) is 0.830. The first-order valence-corrected chi connectivity index (χ1v) is 3.29. The SMILES string of the molecule is Cl.NC=O.O=C(O)[C@@H]1CCNC1=O. The molecule has 13 heavy (non-hydrogen) atoms. The molecule has 1 atom stereocenters. The fourth-order valence-electron chi connectivity index (χ4n) is 0.830. The molecule has 1 rings (SSSR count). The highest BCUT2D eigenvalue weighted by Crippen LogP contribution is 2.07. The van der Waals surface area contributed by atoms with E-state index in [1.165, 1.54) is 0 Å². The fraction of sp³-hybridized carbons (Fsp3) is 0.500. The Balaban J connectivity index is 0. The molecule has 1 heterocycles. The second-order valence-electron chi connectivity index (χ2n) is 2.11. The zero-order chi connectivity index (χ0) is 9.56. The number of carboxylic acids is 1. The van der Waals surface area contributed by atoms with Crippen LogP contribution in [0.1, 0.15) is 6.42 Å². The molecule has 0 aromatic carbocycles. The number of amides is 2. The number of halogens is 1. The van der Waals surface area contributed by atoms with E-state index in [0.29, 0.717) is 13.0 Å². The van der Waals surface area contributed by atoms with Crippen molar-refractivity contribution in [2.45, 2.75) is 6.42 Å². The Morgan fingerprint density at radius 3 is 2.31 bits per heavy atom. The summed E-state index contributed by atoms with van der Waals surface area (Å²) in [7, 11) is 0. The Labute approximate surface area is 80.9 Å². The number of nitrogens with two attached hydrogens (primary N) is 1. The lowest BCUT2D eigenvalue weighted by atomic mass is 10.1. The summed E-state index contributed by atoms with van der Waals surface area (Å²) in [6, 6.07) is 0. The van der Waals surface area contributed by atoms with Crippen molar-refractivity contribution in [1.82, 2.24) is 5.32 Å². The first-order chi connectivity index (χ1) is 5.63. The van der Waals surface area contributed by atoms with E-state index >= 15 is 0 Å². The van der Waals surface area contributed by atoms with Gasteiger partial charge in [-0.2, -0.15) is 0 Å². The molecule has 0 bridgehead atoms. The Kier molecular flexibility index (Phi) is 8.05. The molecule has 1 fully saturated rings. The summed E-state index contributed by atoms with van der Waals surface area (Å²) < 4.78 is 0. The van der Waals surface area contributed by atoms with Crippen LogP contribution in [-0.2, 0) is 14.4 Å². The van der Waals surface area contributed by atoms with Gasteiger partial charge >= 0.3 is 5.97 Å². The largest absolute Gasteiger partial charge is 0.481 e. The van der Waals surface area contributed by atoms with Gasteiger partial charge in [0.05, 0.1) is 0 Å². The van der Waals surface area contributed by atoms with E-state index in [1.807, 2.05) is 0 Å². The van der Waals surface area contributed by atoms with Gasteiger partial charge in [-0.3, -0.25) is 14.4 Å². The van der Waals surface area contributed by atoms with Gasteiger partial charge in [0.2, 0.25) is 12.3 Å². The van der Waals surface area contributed by atoms with Crippen molar-refractivity contribution < 1.29 is 19.5 Å². The summed E-state index contributed by atoms with van der Waals surface area (Å²) in [6.07, 6.45) is 0.675. The molecule has 0 aromatic rings. The molecular formula is C6H11ClN2O4. The van der Waals surface area contributed by atoms with Crippen molar-refractivity contribution in [3.63, 3.8) is 0 Å². The average Bonchev–Trinajstić information content (AvgIpc) is 2.36. The lowest BCUT2D eigenvalue weighted by molar-refractivity contribution is -0.145. The summed E-state index contributed by atoms with van der Waals surface area (Å²) in [5.41, 5.74) is 4.17. The van der Waals surface area contributed by atoms with Gasteiger partial charge in [-0.05, 0) is 6.42 Å². The van der Waals surface area contributed by atoms with Crippen LogP contribution in [0.4, 0.5) is 0 Å². The average molecular weight is 211 g/mol. The quantitative estimate of drug-likeness (QED) is 0.370. The minimum Gasteiger partial charge on any atom is -0.481 e. The Hall–Kier alpha value is -1.30. The van der Waals surface area contributed by atoms with Crippen molar-refractivity contribution >= 4 is 30.7 Å². The molecule has 4 N–H and O–H groups in total. The second kappa shape index (κ2) is 7.35. The third-order valence-corrected chi connectivity index (χ3v) is 1.35. The zero-order valence-corrected chi connectivity index (χ0v) is 7.54. The molecule has 2 amide bonds. The number of carboxylic acid groups (broad SMARTS) is 1. The summed E-state index contributed by atoms with van der Waals surface area (Å²) in [5.74, 6) is -2.18. The Bertz CT molecular complexity index is 197. The van der Waals surface area contributed by atoms with E-state index in [4.69, 9.17) is 9.90 Å². The van der Waals surface area contributed by atoms with E-state index in [0.717, 1.165) is 0 Å². The van der Waals surface area contributed by atoms with E-state index < -0.39 is 11.9 Å². The van der Waals surface area contributed by atoms with Gasteiger partial charge in [0.25, 0.3) is 0 Å². The minimum absolute atomic E-state index is 0. The van der Waals surface area contributed by atoms with Crippen LogP contribution in [0.25, 0.3) is 0 Å². The molecule has 0 spiro atoms. The number of primary amides is 1. The highest BCUT2D eigenvalue weighted by atomic mass is 35.5. The summed E-state index contributed by atoms with van der Waals surface area (Å²) in [5, 5.41) is 10.8. The molecule has 6 nitrogen and oxygen atoms in total. The van der Waals surface area contributed by atoms with Crippen LogP contribution in [0.15, 0.2) is 0 Å². The number of aliphatic carboxylic acids is 1. The maximum absolute atomic E-state index is 10.5. The van der Waals surface area contributed by atoms with Crippen molar-refractivity contribution in [3.05, 3.63) is 0 Å². The third kappa shape index (κ3) is 5.02. The third-order valence-electron chi connectivity index (χ3n) is 1.35. The van der Waals surface area contributed by atoms with Crippen molar-refractivity contribution in [1.29, 1.82) is 0 Å². The second-order valence-corrected chi connectivity index (χ2v) is 2.11. The van der Waals surface area contributed by atoms with Gasteiger partial charge in [-0.15, -0.1) is 12.4 Å². The lowest BCUT2D eigenvalue weighted by Crippen LogP contribution is -2.24. The molecular weight excluding hydrogens is 200 g/mol. The van der Waals surface area contributed by atoms with Crippen molar-refractivity contribution in [2.75, 3.05) is 6.54 Å². The van der Waals surface area contributed by atoms with Gasteiger partial charge in [0, 0.05) is 6.54 Å². The Morgan fingerprint density at radius 1 is 1.69 bits per heavy atom. The summed E-state index contributed by atoms with van der Waals surface area (Å²) in [4.78, 5) is 29.3. The van der Waals surface area contributed by atoms with Crippen LogP contribution in [0.2, 0.25) is 0 Å². The molecule has 0 unspecified atom stereocenters. The zero-order valence-electron chi connectivity index (χ0n) is 6.73. The molecule has 0 aliphatic carbocycles. The molecule has 1 saturated heterocycles. The maximum atomic E-state index is 10.5. The van der Waals surface area contributed by atoms with Crippen LogP contribution in [-0.4, -0.2) is 29.9 Å². The number of rotatable bonds is 1. The van der Waals surface area contributed by atoms with Crippen molar-refractivity contribution in [2.24, 2.45) is 11.7 Å². The van der Waals surface area contributed by atoms with E-state index in [2.05, 4.69) is 11.1 Å². The molecule has 0 radical (unpaired) electrons. The maximum Gasteiger partial charge on any atom is 0.316 e. The molecule has 76 valence electrons. The van der Waals surface area contributed by atoms with E-state index in [9.17, 15) is 9.59 Å². The smallest absolute Gasteiger partial charge is 0.316 e. The van der Waals surface area contributed by atoms with Crippen LogP contribution < -0.4 is 11.1 Å². The topological polar surface area (TPSA) is 109 Å². The first kappa shape index (κ1) is 14.2. The minimum atomic E-state index is -1.02. The number of carbonyl (C=O) groups excluding carboxylic acids is 2. The molecule has 1 aliphatic heterocycles.